The second-order valence-electron chi connectivity index (χ2n) is 5.75. The molecule has 2 aromatic carbocycles. The second-order valence-corrected chi connectivity index (χ2v) is 7.49. The number of carbonyl (C=O) groups is 1. The zero-order valence-electron chi connectivity index (χ0n) is 14.4. The van der Waals surface area contributed by atoms with Crippen molar-refractivity contribution in [2.45, 2.75) is 10.8 Å². The van der Waals surface area contributed by atoms with Crippen molar-refractivity contribution in [2.75, 3.05) is 27.4 Å². The molecule has 0 fully saturated rings. The van der Waals surface area contributed by atoms with Gasteiger partial charge in [0.15, 0.2) is 0 Å². The van der Waals surface area contributed by atoms with Crippen molar-refractivity contribution >= 4 is 16.0 Å². The van der Waals surface area contributed by atoms with Crippen LogP contribution < -0.4 is 14.2 Å². The first-order valence-corrected chi connectivity index (χ1v) is 9.42. The quantitative estimate of drug-likeness (QED) is 0.774. The number of nitrogens with one attached hydrogen (secondary N) is 1. The van der Waals surface area contributed by atoms with Crippen molar-refractivity contribution in [3.8, 4) is 11.5 Å². The molecule has 0 radical (unpaired) electrons. The number of ether oxygens (including phenoxy) is 3. The highest BCUT2D eigenvalue weighted by Gasteiger charge is 2.27. The Labute approximate surface area is 151 Å². The summed E-state index contributed by atoms with van der Waals surface area (Å²) < 4.78 is 43.4. The first-order chi connectivity index (χ1) is 12.5. The van der Waals surface area contributed by atoms with Gasteiger partial charge in [-0.1, -0.05) is 18.2 Å². The van der Waals surface area contributed by atoms with Crippen LogP contribution in [0.1, 0.15) is 21.8 Å². The van der Waals surface area contributed by atoms with Crippen LogP contribution in [0, 0.1) is 0 Å². The minimum absolute atomic E-state index is 0.0873. The van der Waals surface area contributed by atoms with Crippen LogP contribution in [0.2, 0.25) is 0 Å². The largest absolute Gasteiger partial charge is 0.495 e. The first-order valence-electron chi connectivity index (χ1n) is 7.94. The molecule has 0 aliphatic carbocycles. The number of para-hydroxylation sites is 1. The summed E-state index contributed by atoms with van der Waals surface area (Å²) in [6.45, 7) is 0.576. The van der Waals surface area contributed by atoms with Crippen molar-refractivity contribution in [3.05, 3.63) is 53.6 Å². The summed E-state index contributed by atoms with van der Waals surface area (Å²) in [5, 5.41) is 0. The lowest BCUT2D eigenvalue weighted by Crippen LogP contribution is -2.29. The van der Waals surface area contributed by atoms with Crippen LogP contribution in [0.25, 0.3) is 0 Å². The molecule has 1 heterocycles. The number of benzene rings is 2. The van der Waals surface area contributed by atoms with Gasteiger partial charge in [-0.05, 0) is 24.3 Å². The Balaban J connectivity index is 1.83. The van der Waals surface area contributed by atoms with Gasteiger partial charge in [-0.2, -0.15) is 0 Å². The Hall–Kier alpha value is -2.58. The fourth-order valence-electron chi connectivity index (χ4n) is 2.82. The molecule has 1 aliphatic rings. The molecule has 0 amide bonds. The van der Waals surface area contributed by atoms with Gasteiger partial charge in [-0.25, -0.2) is 17.9 Å². The number of hydrogen-bond donors (Lipinski definition) is 1. The van der Waals surface area contributed by atoms with Crippen LogP contribution in [0.4, 0.5) is 0 Å². The van der Waals surface area contributed by atoms with E-state index in [2.05, 4.69) is 9.46 Å². The zero-order chi connectivity index (χ0) is 18.7. The maximum atomic E-state index is 12.8. The molecule has 2 aromatic rings. The maximum Gasteiger partial charge on any atom is 0.337 e. The smallest absolute Gasteiger partial charge is 0.337 e. The van der Waals surface area contributed by atoms with Crippen molar-refractivity contribution < 1.29 is 27.4 Å². The summed E-state index contributed by atoms with van der Waals surface area (Å²) in [6.07, 6.45) is 0. The van der Waals surface area contributed by atoms with Gasteiger partial charge < -0.3 is 14.2 Å². The van der Waals surface area contributed by atoms with E-state index in [1.807, 2.05) is 24.3 Å². The molecule has 3 rings (SSSR count). The van der Waals surface area contributed by atoms with Crippen molar-refractivity contribution in [3.63, 3.8) is 0 Å². The van der Waals surface area contributed by atoms with E-state index >= 15 is 0 Å². The highest BCUT2D eigenvalue weighted by Crippen LogP contribution is 2.33. The normalized spacial score (nSPS) is 15.8. The van der Waals surface area contributed by atoms with Gasteiger partial charge in [0.25, 0.3) is 0 Å². The third-order valence-electron chi connectivity index (χ3n) is 4.19. The van der Waals surface area contributed by atoms with Gasteiger partial charge in [0, 0.05) is 18.0 Å². The standard InChI is InChI=1S/C18H19NO6S/c1-23-16-8-7-12(18(20)24-2)9-17(16)26(21,22)19-10-13-11-25-15-6-4-3-5-14(13)15/h3-9,13,19H,10-11H2,1-2H3. The maximum absolute atomic E-state index is 12.8. The summed E-state index contributed by atoms with van der Waals surface area (Å²) >= 11 is 0. The molecule has 1 atom stereocenters. The van der Waals surface area contributed by atoms with E-state index in [1.165, 1.54) is 32.4 Å². The predicted octanol–water partition coefficient (Wildman–Crippen LogP) is 1.94. The molecular weight excluding hydrogens is 358 g/mol. The van der Waals surface area contributed by atoms with Gasteiger partial charge in [0.1, 0.15) is 16.4 Å². The van der Waals surface area contributed by atoms with Crippen LogP contribution in [-0.4, -0.2) is 41.8 Å². The molecule has 0 saturated carbocycles. The lowest BCUT2D eigenvalue weighted by Gasteiger charge is -2.14. The van der Waals surface area contributed by atoms with Gasteiger partial charge in [-0.3, -0.25) is 0 Å². The molecule has 1 unspecified atom stereocenters. The third-order valence-corrected chi connectivity index (χ3v) is 5.64. The highest BCUT2D eigenvalue weighted by molar-refractivity contribution is 7.89. The summed E-state index contributed by atoms with van der Waals surface area (Å²) in [4.78, 5) is 11.6. The lowest BCUT2D eigenvalue weighted by molar-refractivity contribution is 0.0600. The molecule has 7 nitrogen and oxygen atoms in total. The van der Waals surface area contributed by atoms with Crippen molar-refractivity contribution in [1.82, 2.24) is 4.72 Å². The van der Waals surface area contributed by atoms with Gasteiger partial charge >= 0.3 is 5.97 Å². The second kappa shape index (κ2) is 7.35. The fraction of sp³-hybridized carbons (Fsp3) is 0.278. The lowest BCUT2D eigenvalue weighted by atomic mass is 10.0. The Bertz CT molecular complexity index is 925. The summed E-state index contributed by atoms with van der Waals surface area (Å²) in [5.41, 5.74) is 1.09. The first kappa shape index (κ1) is 18.2. The number of fused-ring (bicyclic) bond motifs is 1. The molecule has 1 aliphatic heterocycles. The monoisotopic (exact) mass is 377 g/mol. The van der Waals surface area contributed by atoms with E-state index < -0.39 is 16.0 Å². The molecular formula is C18H19NO6S. The van der Waals surface area contributed by atoms with E-state index in [9.17, 15) is 13.2 Å². The molecule has 8 heteroatoms. The molecule has 26 heavy (non-hydrogen) atoms. The highest BCUT2D eigenvalue weighted by atomic mass is 32.2. The predicted molar refractivity (Wildman–Crippen MR) is 94.2 cm³/mol. The topological polar surface area (TPSA) is 90.9 Å². The molecule has 138 valence electrons. The summed E-state index contributed by atoms with van der Waals surface area (Å²) in [5.74, 6) is 0.202. The molecule has 0 saturated heterocycles. The Morgan fingerprint density at radius 2 is 2.00 bits per heavy atom. The SMILES string of the molecule is COC(=O)c1ccc(OC)c(S(=O)(=O)NCC2COc3ccccc32)c1. The third kappa shape index (κ3) is 3.51. The zero-order valence-corrected chi connectivity index (χ0v) is 15.2. The minimum Gasteiger partial charge on any atom is -0.495 e. The van der Waals surface area contributed by atoms with Gasteiger partial charge in [0.2, 0.25) is 10.0 Å². The van der Waals surface area contributed by atoms with E-state index in [4.69, 9.17) is 9.47 Å². The van der Waals surface area contributed by atoms with Crippen LogP contribution in [0.15, 0.2) is 47.4 Å². The Kier molecular flexibility index (Phi) is 5.15. The summed E-state index contributed by atoms with van der Waals surface area (Å²) in [7, 11) is -1.29. The van der Waals surface area contributed by atoms with Crippen LogP contribution in [0.3, 0.4) is 0 Å². The van der Waals surface area contributed by atoms with Crippen LogP contribution in [0.5, 0.6) is 11.5 Å². The van der Waals surface area contributed by atoms with Gasteiger partial charge in [-0.15, -0.1) is 0 Å². The number of hydrogen-bond acceptors (Lipinski definition) is 6. The molecule has 0 bridgehead atoms. The Morgan fingerprint density at radius 1 is 1.23 bits per heavy atom. The van der Waals surface area contributed by atoms with Crippen LogP contribution >= 0.6 is 0 Å². The van der Waals surface area contributed by atoms with Crippen LogP contribution in [-0.2, 0) is 14.8 Å². The molecule has 0 spiro atoms. The minimum atomic E-state index is -3.90. The van der Waals surface area contributed by atoms with Crippen molar-refractivity contribution in [1.29, 1.82) is 0 Å². The molecule has 1 N–H and O–H groups in total. The number of methoxy groups -OCH3 is 2. The average molecular weight is 377 g/mol. The van der Waals surface area contributed by atoms with E-state index in [0.717, 1.165) is 11.3 Å². The number of rotatable bonds is 6. The number of carbonyl (C=O) groups excluding carboxylic acids is 1. The Morgan fingerprint density at radius 3 is 2.73 bits per heavy atom. The molecule has 0 aromatic heterocycles. The fourth-order valence-corrected chi connectivity index (χ4v) is 4.09. The van der Waals surface area contributed by atoms with Crippen molar-refractivity contribution in [2.24, 2.45) is 0 Å². The average Bonchev–Trinajstić information content (AvgIpc) is 3.08. The van der Waals surface area contributed by atoms with Gasteiger partial charge in [0.05, 0.1) is 26.4 Å². The number of sulfonamides is 1. The van der Waals surface area contributed by atoms with E-state index in [0.29, 0.717) is 6.61 Å². The number of esters is 1. The van der Waals surface area contributed by atoms with E-state index in [1.54, 1.807) is 0 Å². The summed E-state index contributed by atoms with van der Waals surface area (Å²) in [6, 6.07) is 11.6. The van der Waals surface area contributed by atoms with E-state index in [-0.39, 0.29) is 28.7 Å².